The topological polar surface area (TPSA) is 86.1 Å². The predicted molar refractivity (Wildman–Crippen MR) is 108 cm³/mol. The highest BCUT2D eigenvalue weighted by Crippen LogP contribution is 2.40. The zero-order chi connectivity index (χ0) is 21.0. The molecule has 0 unspecified atom stereocenters. The van der Waals surface area contributed by atoms with Gasteiger partial charge in [-0.05, 0) is 13.0 Å². The van der Waals surface area contributed by atoms with Crippen molar-refractivity contribution in [2.24, 2.45) is 0 Å². The third-order valence-corrected chi connectivity index (χ3v) is 6.93. The second-order valence-corrected chi connectivity index (χ2v) is 8.64. The minimum Gasteiger partial charge on any atom is -0.493 e. The molecule has 0 amide bonds. The van der Waals surface area contributed by atoms with Gasteiger partial charge in [0.1, 0.15) is 4.90 Å². The van der Waals surface area contributed by atoms with Gasteiger partial charge in [0.2, 0.25) is 15.8 Å². The maximum atomic E-state index is 12.8. The van der Waals surface area contributed by atoms with Gasteiger partial charge in [-0.2, -0.15) is 9.40 Å². The highest BCUT2D eigenvalue weighted by Gasteiger charge is 2.30. The summed E-state index contributed by atoms with van der Waals surface area (Å²) in [5.74, 6) is 1.80. The van der Waals surface area contributed by atoms with Crippen molar-refractivity contribution in [1.82, 2.24) is 19.0 Å². The van der Waals surface area contributed by atoms with Gasteiger partial charge in [-0.15, -0.1) is 0 Å². The smallest absolute Gasteiger partial charge is 0.246 e. The van der Waals surface area contributed by atoms with Gasteiger partial charge in [0, 0.05) is 51.0 Å². The number of benzene rings is 1. The zero-order valence-electron chi connectivity index (χ0n) is 17.3. The summed E-state index contributed by atoms with van der Waals surface area (Å²) in [5, 5.41) is 4.08. The fourth-order valence-electron chi connectivity index (χ4n) is 3.46. The number of piperazine rings is 1. The number of ether oxygens (including phenoxy) is 3. The van der Waals surface area contributed by atoms with Crippen molar-refractivity contribution in [3.05, 3.63) is 30.1 Å². The van der Waals surface area contributed by atoms with E-state index >= 15 is 0 Å². The number of rotatable bonds is 8. The molecule has 0 N–H and O–H groups in total. The molecule has 0 saturated carbocycles. The van der Waals surface area contributed by atoms with Gasteiger partial charge in [0.25, 0.3) is 0 Å². The molecular formula is C19H28N4O5S. The van der Waals surface area contributed by atoms with Gasteiger partial charge >= 0.3 is 0 Å². The second kappa shape index (κ2) is 9.02. The molecule has 2 aromatic rings. The van der Waals surface area contributed by atoms with Crippen LogP contribution in [0.3, 0.4) is 0 Å². The largest absolute Gasteiger partial charge is 0.493 e. The Balaban J connectivity index is 1.69. The molecule has 0 bridgehead atoms. The lowest BCUT2D eigenvalue weighted by atomic mass is 10.1. The lowest BCUT2D eigenvalue weighted by Gasteiger charge is -2.34. The van der Waals surface area contributed by atoms with Crippen molar-refractivity contribution in [2.75, 3.05) is 47.5 Å². The standard InChI is InChI=1S/C19H28N4O5S/c1-5-22-14-16(12-20-22)29(24,25)23-10-8-21(9-11-23)13-15-6-7-17(26-2)19(28-4)18(15)27-3/h6-7,12,14H,5,8-11,13H2,1-4H3. The van der Waals surface area contributed by atoms with Gasteiger partial charge in [0.05, 0.1) is 27.5 Å². The summed E-state index contributed by atoms with van der Waals surface area (Å²) in [6.45, 7) is 5.29. The minimum atomic E-state index is -3.52. The number of hydrogen-bond acceptors (Lipinski definition) is 7. The molecule has 1 aromatic carbocycles. The summed E-state index contributed by atoms with van der Waals surface area (Å²) in [6.07, 6.45) is 3.00. The summed E-state index contributed by atoms with van der Waals surface area (Å²) in [6, 6.07) is 3.80. The Morgan fingerprint density at radius 2 is 1.69 bits per heavy atom. The van der Waals surface area contributed by atoms with E-state index in [0.717, 1.165) is 5.56 Å². The predicted octanol–water partition coefficient (Wildman–Crippen LogP) is 1.44. The van der Waals surface area contributed by atoms with E-state index in [0.29, 0.717) is 56.5 Å². The highest BCUT2D eigenvalue weighted by molar-refractivity contribution is 7.89. The summed E-state index contributed by atoms with van der Waals surface area (Å²) in [4.78, 5) is 2.44. The zero-order valence-corrected chi connectivity index (χ0v) is 18.1. The molecule has 9 nitrogen and oxygen atoms in total. The summed E-state index contributed by atoms with van der Waals surface area (Å²) >= 11 is 0. The molecule has 0 spiro atoms. The third-order valence-electron chi connectivity index (χ3n) is 5.08. The summed E-state index contributed by atoms with van der Waals surface area (Å²) < 4.78 is 45.1. The van der Waals surface area contributed by atoms with Crippen LogP contribution in [0.15, 0.2) is 29.4 Å². The first-order valence-electron chi connectivity index (χ1n) is 9.47. The van der Waals surface area contributed by atoms with Crippen molar-refractivity contribution in [2.45, 2.75) is 24.9 Å². The Kier molecular flexibility index (Phi) is 6.66. The number of methoxy groups -OCH3 is 3. The molecule has 1 saturated heterocycles. The first-order valence-corrected chi connectivity index (χ1v) is 10.9. The molecule has 0 atom stereocenters. The number of nitrogens with zero attached hydrogens (tertiary/aromatic N) is 4. The Morgan fingerprint density at radius 3 is 2.24 bits per heavy atom. The first kappa shape index (κ1) is 21.4. The van der Waals surface area contributed by atoms with Crippen molar-refractivity contribution < 1.29 is 22.6 Å². The van der Waals surface area contributed by atoms with Crippen LogP contribution in [-0.2, 0) is 23.1 Å². The molecule has 1 fully saturated rings. The van der Waals surface area contributed by atoms with Crippen molar-refractivity contribution in [1.29, 1.82) is 0 Å². The summed E-state index contributed by atoms with van der Waals surface area (Å²) in [7, 11) is 1.24. The van der Waals surface area contributed by atoms with Crippen LogP contribution in [-0.4, -0.2) is 74.9 Å². The fraction of sp³-hybridized carbons (Fsp3) is 0.526. The number of sulfonamides is 1. The van der Waals surface area contributed by atoms with Crippen LogP contribution in [0.25, 0.3) is 0 Å². The molecule has 1 aliphatic heterocycles. The molecule has 0 radical (unpaired) electrons. The lowest BCUT2D eigenvalue weighted by Crippen LogP contribution is -2.48. The Labute approximate surface area is 171 Å². The van der Waals surface area contributed by atoms with E-state index in [2.05, 4.69) is 10.00 Å². The van der Waals surface area contributed by atoms with Crippen molar-refractivity contribution >= 4 is 10.0 Å². The van der Waals surface area contributed by atoms with E-state index in [-0.39, 0.29) is 4.90 Å². The second-order valence-electron chi connectivity index (χ2n) is 6.71. The van der Waals surface area contributed by atoms with Gasteiger partial charge in [-0.3, -0.25) is 9.58 Å². The van der Waals surface area contributed by atoms with E-state index in [1.165, 1.54) is 10.5 Å². The van der Waals surface area contributed by atoms with E-state index in [4.69, 9.17) is 14.2 Å². The van der Waals surface area contributed by atoms with Gasteiger partial charge < -0.3 is 14.2 Å². The van der Waals surface area contributed by atoms with Crippen molar-refractivity contribution in [3.63, 3.8) is 0 Å². The number of aromatic nitrogens is 2. The van der Waals surface area contributed by atoms with Crippen molar-refractivity contribution in [3.8, 4) is 17.2 Å². The highest BCUT2D eigenvalue weighted by atomic mass is 32.2. The molecule has 3 rings (SSSR count). The average Bonchev–Trinajstić information content (AvgIpc) is 3.24. The maximum absolute atomic E-state index is 12.8. The van der Waals surface area contributed by atoms with Crippen LogP contribution >= 0.6 is 0 Å². The van der Waals surface area contributed by atoms with Crippen LogP contribution < -0.4 is 14.2 Å². The molecule has 1 aromatic heterocycles. The van der Waals surface area contributed by atoms with E-state index in [1.807, 2.05) is 19.1 Å². The van der Waals surface area contributed by atoms with Crippen LogP contribution in [0.4, 0.5) is 0 Å². The number of aryl methyl sites for hydroxylation is 1. The molecule has 2 heterocycles. The molecule has 160 valence electrons. The third kappa shape index (κ3) is 4.34. The number of hydrogen-bond donors (Lipinski definition) is 0. The first-order chi connectivity index (χ1) is 13.9. The fourth-order valence-corrected chi connectivity index (χ4v) is 4.83. The molecule has 29 heavy (non-hydrogen) atoms. The maximum Gasteiger partial charge on any atom is 0.246 e. The van der Waals surface area contributed by atoms with Gasteiger partial charge in [-0.25, -0.2) is 8.42 Å². The van der Waals surface area contributed by atoms with Crippen LogP contribution in [0.1, 0.15) is 12.5 Å². The Bertz CT molecular complexity index is 936. The molecule has 0 aliphatic carbocycles. The van der Waals surface area contributed by atoms with E-state index in [1.54, 1.807) is 32.2 Å². The molecule has 10 heteroatoms. The average molecular weight is 425 g/mol. The minimum absolute atomic E-state index is 0.245. The monoisotopic (exact) mass is 424 g/mol. The van der Waals surface area contributed by atoms with Gasteiger partial charge in [0.15, 0.2) is 11.5 Å². The van der Waals surface area contributed by atoms with E-state index in [9.17, 15) is 8.42 Å². The SMILES string of the molecule is CCn1cc(S(=O)(=O)N2CCN(Cc3ccc(OC)c(OC)c3OC)CC2)cn1. The quantitative estimate of drug-likeness (QED) is 0.634. The Morgan fingerprint density at radius 1 is 1.00 bits per heavy atom. The van der Waals surface area contributed by atoms with E-state index < -0.39 is 10.0 Å². The van der Waals surface area contributed by atoms with Crippen LogP contribution in [0.5, 0.6) is 17.2 Å². The molecule has 1 aliphatic rings. The normalized spacial score (nSPS) is 16.0. The molecular weight excluding hydrogens is 396 g/mol. The summed E-state index contributed by atoms with van der Waals surface area (Å²) in [5.41, 5.74) is 0.964. The Hall–Kier alpha value is -2.30. The van der Waals surface area contributed by atoms with Crippen LogP contribution in [0, 0.1) is 0 Å². The van der Waals surface area contributed by atoms with Crippen LogP contribution in [0.2, 0.25) is 0 Å². The lowest BCUT2D eigenvalue weighted by molar-refractivity contribution is 0.179. The van der Waals surface area contributed by atoms with Gasteiger partial charge in [-0.1, -0.05) is 6.07 Å².